The molecule has 5 heteroatoms. The summed E-state index contributed by atoms with van der Waals surface area (Å²) in [6, 6.07) is 3.75. The predicted octanol–water partition coefficient (Wildman–Crippen LogP) is 1.32. The standard InChI is InChI=1S/C12H15FN2O2/c1-7(2)15-11(16)8-4-5-9(10(13)6-8)12(17)14-3/h4-7H,1-3H3,(H,14,17)(H,15,16). The summed E-state index contributed by atoms with van der Waals surface area (Å²) >= 11 is 0. The molecule has 0 heterocycles. The van der Waals surface area contributed by atoms with E-state index in [1.54, 1.807) is 0 Å². The fraction of sp³-hybridized carbons (Fsp3) is 0.333. The number of carbonyl (C=O) groups is 2. The quantitative estimate of drug-likeness (QED) is 0.834. The second-order valence-corrected chi connectivity index (χ2v) is 3.90. The van der Waals surface area contributed by atoms with E-state index in [2.05, 4.69) is 10.6 Å². The van der Waals surface area contributed by atoms with E-state index < -0.39 is 11.7 Å². The number of rotatable bonds is 3. The summed E-state index contributed by atoms with van der Waals surface area (Å²) in [6.07, 6.45) is 0. The lowest BCUT2D eigenvalue weighted by molar-refractivity contribution is 0.0935. The molecule has 0 saturated carbocycles. The molecule has 0 aliphatic heterocycles. The van der Waals surface area contributed by atoms with E-state index in [0.717, 1.165) is 6.07 Å². The average Bonchev–Trinajstić information content (AvgIpc) is 2.27. The van der Waals surface area contributed by atoms with Crippen LogP contribution in [0, 0.1) is 5.82 Å². The third-order valence-electron chi connectivity index (χ3n) is 2.12. The second-order valence-electron chi connectivity index (χ2n) is 3.90. The SMILES string of the molecule is CNC(=O)c1ccc(C(=O)NC(C)C)cc1F. The Morgan fingerprint density at radius 2 is 1.88 bits per heavy atom. The van der Waals surface area contributed by atoms with Crippen molar-refractivity contribution in [1.82, 2.24) is 10.6 Å². The number of hydrogen-bond donors (Lipinski definition) is 2. The Labute approximate surface area is 99.2 Å². The molecule has 0 fully saturated rings. The Hall–Kier alpha value is -1.91. The van der Waals surface area contributed by atoms with Gasteiger partial charge in [0, 0.05) is 18.7 Å². The fourth-order valence-electron chi connectivity index (χ4n) is 1.32. The van der Waals surface area contributed by atoms with Crippen molar-refractivity contribution in [3.05, 3.63) is 35.1 Å². The number of amides is 2. The predicted molar refractivity (Wildman–Crippen MR) is 62.4 cm³/mol. The van der Waals surface area contributed by atoms with E-state index in [9.17, 15) is 14.0 Å². The van der Waals surface area contributed by atoms with Gasteiger partial charge in [-0.2, -0.15) is 0 Å². The summed E-state index contributed by atoms with van der Waals surface area (Å²) in [5.74, 6) is -1.58. The fourth-order valence-corrected chi connectivity index (χ4v) is 1.32. The Bertz CT molecular complexity index is 444. The van der Waals surface area contributed by atoms with Crippen molar-refractivity contribution in [3.8, 4) is 0 Å². The minimum Gasteiger partial charge on any atom is -0.355 e. The van der Waals surface area contributed by atoms with Gasteiger partial charge in [0.2, 0.25) is 0 Å². The van der Waals surface area contributed by atoms with Crippen LogP contribution in [0.15, 0.2) is 18.2 Å². The Balaban J connectivity index is 2.96. The molecular formula is C12H15FN2O2. The van der Waals surface area contributed by atoms with Crippen LogP contribution in [-0.4, -0.2) is 24.9 Å². The molecule has 4 nitrogen and oxygen atoms in total. The van der Waals surface area contributed by atoms with Gasteiger partial charge in [-0.3, -0.25) is 9.59 Å². The van der Waals surface area contributed by atoms with Crippen LogP contribution in [0.1, 0.15) is 34.6 Å². The number of benzene rings is 1. The maximum absolute atomic E-state index is 13.5. The maximum Gasteiger partial charge on any atom is 0.253 e. The highest BCUT2D eigenvalue weighted by Crippen LogP contribution is 2.10. The summed E-state index contributed by atoms with van der Waals surface area (Å²) in [4.78, 5) is 22.8. The molecule has 0 spiro atoms. The molecule has 1 aromatic carbocycles. The first-order valence-corrected chi connectivity index (χ1v) is 5.28. The first-order chi connectivity index (χ1) is 7.95. The average molecular weight is 238 g/mol. The first kappa shape index (κ1) is 13.2. The lowest BCUT2D eigenvalue weighted by Gasteiger charge is -2.09. The summed E-state index contributed by atoms with van der Waals surface area (Å²) in [5.41, 5.74) is 0.123. The van der Waals surface area contributed by atoms with Gasteiger partial charge in [-0.15, -0.1) is 0 Å². The van der Waals surface area contributed by atoms with Crippen molar-refractivity contribution in [1.29, 1.82) is 0 Å². The highest BCUT2D eigenvalue weighted by atomic mass is 19.1. The Kier molecular flexibility index (Phi) is 4.20. The van der Waals surface area contributed by atoms with Gasteiger partial charge < -0.3 is 10.6 Å². The van der Waals surface area contributed by atoms with Gasteiger partial charge in [-0.25, -0.2) is 4.39 Å². The highest BCUT2D eigenvalue weighted by Gasteiger charge is 2.14. The first-order valence-electron chi connectivity index (χ1n) is 5.28. The number of halogens is 1. The zero-order chi connectivity index (χ0) is 13.0. The zero-order valence-corrected chi connectivity index (χ0v) is 10.0. The molecule has 0 radical (unpaired) electrons. The molecule has 17 heavy (non-hydrogen) atoms. The zero-order valence-electron chi connectivity index (χ0n) is 10.0. The summed E-state index contributed by atoms with van der Waals surface area (Å²) < 4.78 is 13.5. The van der Waals surface area contributed by atoms with Crippen LogP contribution in [0.4, 0.5) is 4.39 Å². The van der Waals surface area contributed by atoms with Gasteiger partial charge in [0.1, 0.15) is 5.82 Å². The lowest BCUT2D eigenvalue weighted by Crippen LogP contribution is -2.30. The smallest absolute Gasteiger partial charge is 0.253 e. The summed E-state index contributed by atoms with van der Waals surface area (Å²) in [5, 5.41) is 4.97. The molecule has 0 aliphatic carbocycles. The van der Waals surface area contributed by atoms with Gasteiger partial charge in [0.15, 0.2) is 0 Å². The van der Waals surface area contributed by atoms with Crippen molar-refractivity contribution >= 4 is 11.8 Å². The van der Waals surface area contributed by atoms with Gasteiger partial charge in [-0.1, -0.05) is 0 Å². The van der Waals surface area contributed by atoms with E-state index in [1.807, 2.05) is 13.8 Å². The monoisotopic (exact) mass is 238 g/mol. The normalized spacial score (nSPS) is 10.2. The van der Waals surface area contributed by atoms with Crippen LogP contribution in [-0.2, 0) is 0 Å². The molecule has 1 aromatic rings. The van der Waals surface area contributed by atoms with E-state index in [4.69, 9.17) is 0 Å². The molecule has 1 rings (SSSR count). The molecule has 0 aliphatic rings. The molecule has 0 bridgehead atoms. The summed E-state index contributed by atoms with van der Waals surface area (Å²) in [6.45, 7) is 3.63. The van der Waals surface area contributed by atoms with Crippen LogP contribution in [0.3, 0.4) is 0 Å². The van der Waals surface area contributed by atoms with E-state index in [0.29, 0.717) is 0 Å². The molecule has 0 aromatic heterocycles. The van der Waals surface area contributed by atoms with Gasteiger partial charge >= 0.3 is 0 Å². The van der Waals surface area contributed by atoms with Crippen LogP contribution in [0.2, 0.25) is 0 Å². The van der Waals surface area contributed by atoms with Gasteiger partial charge in [-0.05, 0) is 32.0 Å². The molecule has 2 amide bonds. The van der Waals surface area contributed by atoms with Gasteiger partial charge in [0.25, 0.3) is 11.8 Å². The lowest BCUT2D eigenvalue weighted by atomic mass is 10.1. The van der Waals surface area contributed by atoms with Crippen LogP contribution < -0.4 is 10.6 Å². The van der Waals surface area contributed by atoms with Crippen LogP contribution in [0.25, 0.3) is 0 Å². The van der Waals surface area contributed by atoms with Crippen molar-refractivity contribution in [2.45, 2.75) is 19.9 Å². The second kappa shape index (κ2) is 5.43. The third kappa shape index (κ3) is 3.27. The van der Waals surface area contributed by atoms with Crippen LogP contribution >= 0.6 is 0 Å². The molecule has 2 N–H and O–H groups in total. The maximum atomic E-state index is 13.5. The van der Waals surface area contributed by atoms with Crippen LogP contribution in [0.5, 0.6) is 0 Å². The molecular weight excluding hydrogens is 223 g/mol. The molecule has 0 unspecified atom stereocenters. The Morgan fingerprint density at radius 3 is 2.35 bits per heavy atom. The van der Waals surface area contributed by atoms with E-state index >= 15 is 0 Å². The van der Waals surface area contributed by atoms with Crippen molar-refractivity contribution < 1.29 is 14.0 Å². The van der Waals surface area contributed by atoms with Crippen molar-refractivity contribution in [3.63, 3.8) is 0 Å². The molecule has 0 saturated heterocycles. The minimum absolute atomic E-state index is 0.0239. The number of carbonyl (C=O) groups excluding carboxylic acids is 2. The highest BCUT2D eigenvalue weighted by molar-refractivity contribution is 5.98. The topological polar surface area (TPSA) is 58.2 Å². The largest absolute Gasteiger partial charge is 0.355 e. The van der Waals surface area contributed by atoms with Crippen molar-refractivity contribution in [2.75, 3.05) is 7.05 Å². The number of nitrogens with one attached hydrogen (secondary N) is 2. The molecule has 0 atom stereocenters. The van der Waals surface area contributed by atoms with E-state index in [1.165, 1.54) is 19.2 Å². The van der Waals surface area contributed by atoms with Crippen molar-refractivity contribution in [2.24, 2.45) is 0 Å². The van der Waals surface area contributed by atoms with E-state index in [-0.39, 0.29) is 23.1 Å². The number of hydrogen-bond acceptors (Lipinski definition) is 2. The summed E-state index contributed by atoms with van der Waals surface area (Å²) in [7, 11) is 1.42. The molecule has 92 valence electrons. The van der Waals surface area contributed by atoms with Gasteiger partial charge in [0.05, 0.1) is 5.56 Å². The Morgan fingerprint density at radius 1 is 1.24 bits per heavy atom. The minimum atomic E-state index is -0.708. The third-order valence-corrected chi connectivity index (χ3v) is 2.12.